The summed E-state index contributed by atoms with van der Waals surface area (Å²) in [7, 11) is 0. The summed E-state index contributed by atoms with van der Waals surface area (Å²) in [5.41, 5.74) is -0.296. The van der Waals surface area contributed by atoms with Gasteiger partial charge < -0.3 is 15.3 Å². The smallest absolute Gasteiger partial charge is 0.0859 e. The Bertz CT molecular complexity index is 425. The molecule has 18 heavy (non-hydrogen) atoms. The highest BCUT2D eigenvalue weighted by Crippen LogP contribution is 2.58. The summed E-state index contributed by atoms with van der Waals surface area (Å²) in [6, 6.07) is 0. The molecule has 5 atom stereocenters. The van der Waals surface area contributed by atoms with E-state index in [0.29, 0.717) is 5.57 Å². The Morgan fingerprint density at radius 1 is 1.56 bits per heavy atom. The molecule has 0 spiro atoms. The van der Waals surface area contributed by atoms with Gasteiger partial charge >= 0.3 is 0 Å². The summed E-state index contributed by atoms with van der Waals surface area (Å²) < 4.78 is 0. The van der Waals surface area contributed by atoms with Crippen LogP contribution in [0.2, 0.25) is 0 Å². The van der Waals surface area contributed by atoms with Crippen LogP contribution in [-0.4, -0.2) is 33.6 Å². The Kier molecular flexibility index (Phi) is 3.05. The molecule has 3 nitrogen and oxygen atoms in total. The number of aliphatic hydroxyl groups excluding tert-OH is 2. The monoisotopic (exact) mass is 250 g/mol. The zero-order valence-electron chi connectivity index (χ0n) is 11.1. The van der Waals surface area contributed by atoms with Gasteiger partial charge in [-0.05, 0) is 19.4 Å². The Morgan fingerprint density at radius 3 is 2.67 bits per heavy atom. The second kappa shape index (κ2) is 4.05. The van der Waals surface area contributed by atoms with E-state index in [1.165, 1.54) is 0 Å². The molecule has 1 saturated carbocycles. The molecular formula is C15H22O3. The van der Waals surface area contributed by atoms with Crippen LogP contribution >= 0.6 is 0 Å². The van der Waals surface area contributed by atoms with Gasteiger partial charge in [-0.1, -0.05) is 30.9 Å². The molecule has 0 heterocycles. The second-order valence-electron chi connectivity index (χ2n) is 5.89. The van der Waals surface area contributed by atoms with Gasteiger partial charge in [-0.3, -0.25) is 0 Å². The predicted molar refractivity (Wildman–Crippen MR) is 70.8 cm³/mol. The van der Waals surface area contributed by atoms with Gasteiger partial charge in [0.2, 0.25) is 0 Å². The van der Waals surface area contributed by atoms with Crippen molar-refractivity contribution in [3.63, 3.8) is 0 Å². The Labute approximate surface area is 108 Å². The van der Waals surface area contributed by atoms with Gasteiger partial charge in [0.15, 0.2) is 0 Å². The van der Waals surface area contributed by atoms with E-state index in [4.69, 9.17) is 0 Å². The Hall–Kier alpha value is -0.900. The van der Waals surface area contributed by atoms with E-state index in [-0.39, 0.29) is 24.9 Å². The lowest BCUT2D eigenvalue weighted by atomic mass is 9.59. The van der Waals surface area contributed by atoms with E-state index >= 15 is 0 Å². The lowest BCUT2D eigenvalue weighted by Gasteiger charge is -2.48. The first kappa shape index (κ1) is 13.5. The number of hydrogen-bond acceptors (Lipinski definition) is 3. The van der Waals surface area contributed by atoms with Crippen LogP contribution in [0.1, 0.15) is 20.3 Å². The lowest BCUT2D eigenvalue weighted by molar-refractivity contribution is -0.105. The van der Waals surface area contributed by atoms with Crippen molar-refractivity contribution in [1.29, 1.82) is 0 Å². The van der Waals surface area contributed by atoms with Crippen LogP contribution in [0.4, 0.5) is 0 Å². The van der Waals surface area contributed by atoms with Crippen molar-refractivity contribution in [2.45, 2.75) is 32.0 Å². The normalized spacial score (nSPS) is 47.2. The second-order valence-corrected chi connectivity index (χ2v) is 5.89. The van der Waals surface area contributed by atoms with Gasteiger partial charge in [0.05, 0.1) is 11.7 Å². The highest BCUT2D eigenvalue weighted by atomic mass is 16.3. The highest BCUT2D eigenvalue weighted by molar-refractivity contribution is 5.39. The van der Waals surface area contributed by atoms with Crippen molar-refractivity contribution in [1.82, 2.24) is 0 Å². The first-order chi connectivity index (χ1) is 8.28. The van der Waals surface area contributed by atoms with E-state index in [2.05, 4.69) is 13.2 Å². The fourth-order valence-corrected chi connectivity index (χ4v) is 3.54. The SMILES string of the molecule is C=C(C)[C@@H]1C=C[C@@]2(C)C(=C)C(O)C[C@@]2(O)[C@H]1CO. The number of hydrogen-bond donors (Lipinski definition) is 3. The topological polar surface area (TPSA) is 60.7 Å². The van der Waals surface area contributed by atoms with Crippen LogP contribution in [0.25, 0.3) is 0 Å². The van der Waals surface area contributed by atoms with E-state index in [1.54, 1.807) is 0 Å². The zero-order valence-corrected chi connectivity index (χ0v) is 11.1. The molecule has 3 N–H and O–H groups in total. The molecular weight excluding hydrogens is 228 g/mol. The molecule has 2 rings (SSSR count). The van der Waals surface area contributed by atoms with E-state index < -0.39 is 17.1 Å². The third kappa shape index (κ3) is 1.48. The summed E-state index contributed by atoms with van der Waals surface area (Å²) in [5.74, 6) is -0.412. The molecule has 0 aromatic rings. The van der Waals surface area contributed by atoms with Crippen LogP contribution in [0.5, 0.6) is 0 Å². The minimum Gasteiger partial charge on any atom is -0.396 e. The third-order valence-corrected chi connectivity index (χ3v) is 4.92. The molecule has 0 amide bonds. The fourth-order valence-electron chi connectivity index (χ4n) is 3.54. The number of allylic oxidation sites excluding steroid dienone is 2. The van der Waals surface area contributed by atoms with Gasteiger partial charge in [-0.2, -0.15) is 0 Å². The minimum absolute atomic E-state index is 0.0637. The third-order valence-electron chi connectivity index (χ3n) is 4.92. The van der Waals surface area contributed by atoms with E-state index in [9.17, 15) is 15.3 Å². The van der Waals surface area contributed by atoms with Gasteiger partial charge in [0, 0.05) is 30.3 Å². The first-order valence-electron chi connectivity index (χ1n) is 6.33. The van der Waals surface area contributed by atoms with Crippen molar-refractivity contribution < 1.29 is 15.3 Å². The molecule has 1 unspecified atom stereocenters. The molecule has 1 fully saturated rings. The molecule has 2 aliphatic rings. The van der Waals surface area contributed by atoms with Crippen molar-refractivity contribution in [3.8, 4) is 0 Å². The molecule has 0 saturated heterocycles. The van der Waals surface area contributed by atoms with E-state index in [1.807, 2.05) is 26.0 Å². The van der Waals surface area contributed by atoms with Gasteiger partial charge in [-0.25, -0.2) is 0 Å². The molecule has 0 aliphatic heterocycles. The van der Waals surface area contributed by atoms with Crippen LogP contribution in [0.15, 0.2) is 36.5 Å². The summed E-state index contributed by atoms with van der Waals surface area (Å²) in [5, 5.41) is 30.7. The Morgan fingerprint density at radius 2 is 2.17 bits per heavy atom. The number of fused-ring (bicyclic) bond motifs is 1. The molecule has 0 bridgehead atoms. The maximum Gasteiger partial charge on any atom is 0.0859 e. The maximum atomic E-state index is 11.0. The quantitative estimate of drug-likeness (QED) is 0.649. The van der Waals surface area contributed by atoms with Crippen molar-refractivity contribution in [3.05, 3.63) is 36.5 Å². The van der Waals surface area contributed by atoms with Gasteiger partial charge in [-0.15, -0.1) is 0 Å². The molecule has 0 aromatic carbocycles. The molecule has 0 radical (unpaired) electrons. The van der Waals surface area contributed by atoms with Crippen LogP contribution < -0.4 is 0 Å². The maximum absolute atomic E-state index is 11.0. The highest BCUT2D eigenvalue weighted by Gasteiger charge is 2.62. The molecule has 2 aliphatic carbocycles. The average molecular weight is 250 g/mol. The zero-order chi connectivity index (χ0) is 13.7. The largest absolute Gasteiger partial charge is 0.396 e. The van der Waals surface area contributed by atoms with Crippen LogP contribution in [0.3, 0.4) is 0 Å². The van der Waals surface area contributed by atoms with Gasteiger partial charge in [0.25, 0.3) is 0 Å². The fraction of sp³-hybridized carbons (Fsp3) is 0.600. The Balaban J connectivity index is 2.54. The predicted octanol–water partition coefficient (Wildman–Crippen LogP) is 1.42. The summed E-state index contributed by atoms with van der Waals surface area (Å²) in [6.07, 6.45) is 3.39. The molecule has 100 valence electrons. The number of aliphatic hydroxyl groups is 3. The van der Waals surface area contributed by atoms with Crippen molar-refractivity contribution in [2.24, 2.45) is 17.3 Å². The molecule has 3 heteroatoms. The first-order valence-corrected chi connectivity index (χ1v) is 6.33. The summed E-state index contributed by atoms with van der Waals surface area (Å²) >= 11 is 0. The summed E-state index contributed by atoms with van der Waals surface area (Å²) in [4.78, 5) is 0. The standard InChI is InChI=1S/C15H22O3/c1-9(2)11-5-6-14(4)10(3)13(17)7-15(14,18)12(11)8-16/h5-6,11-13,16-18H,1,3,7-8H2,2,4H3/t11-,12-,13?,14-,15+/m0/s1. The van der Waals surface area contributed by atoms with Crippen molar-refractivity contribution >= 4 is 0 Å². The minimum atomic E-state index is -1.16. The van der Waals surface area contributed by atoms with Crippen molar-refractivity contribution in [2.75, 3.05) is 6.61 Å². The van der Waals surface area contributed by atoms with Gasteiger partial charge in [0.1, 0.15) is 0 Å². The average Bonchev–Trinajstić information content (AvgIpc) is 2.47. The summed E-state index contributed by atoms with van der Waals surface area (Å²) in [6.45, 7) is 11.5. The molecule has 0 aromatic heterocycles. The van der Waals surface area contributed by atoms with E-state index in [0.717, 1.165) is 5.57 Å². The van der Waals surface area contributed by atoms with Crippen LogP contribution in [-0.2, 0) is 0 Å². The lowest BCUT2D eigenvalue weighted by Crippen LogP contribution is -2.54. The number of rotatable bonds is 2. The van der Waals surface area contributed by atoms with Crippen LogP contribution in [0, 0.1) is 17.3 Å².